The molecule has 7 aromatic carbocycles. The maximum absolute atomic E-state index is 6.62. The fourth-order valence-corrected chi connectivity index (χ4v) is 11.2. The van der Waals surface area contributed by atoms with Gasteiger partial charge in [0.1, 0.15) is 11.2 Å². The summed E-state index contributed by atoms with van der Waals surface area (Å²) in [4.78, 5) is 5.29. The highest BCUT2D eigenvalue weighted by Gasteiger charge is 2.48. The van der Waals surface area contributed by atoms with E-state index in [4.69, 9.17) is 4.42 Å². The molecule has 0 aliphatic carbocycles. The van der Waals surface area contributed by atoms with Crippen LogP contribution < -0.4 is 32.1 Å². The lowest BCUT2D eigenvalue weighted by Gasteiger charge is -2.49. The molecule has 0 radical (unpaired) electrons. The van der Waals surface area contributed by atoms with E-state index in [0.717, 1.165) is 11.2 Å². The molecule has 5 heteroatoms. The molecule has 0 fully saturated rings. The van der Waals surface area contributed by atoms with Gasteiger partial charge in [0, 0.05) is 48.5 Å². The highest BCUT2D eigenvalue weighted by Crippen LogP contribution is 2.51. The van der Waals surface area contributed by atoms with Gasteiger partial charge in [-0.05, 0) is 68.4 Å². The van der Waals surface area contributed by atoms with E-state index in [9.17, 15) is 0 Å². The van der Waals surface area contributed by atoms with Crippen LogP contribution in [0.5, 0.6) is 0 Å². The van der Waals surface area contributed by atoms with Crippen LogP contribution in [-0.2, 0) is 5.41 Å². The Morgan fingerprint density at radius 2 is 1.12 bits per heavy atom. The number of fused-ring (bicyclic) bond motifs is 11. The van der Waals surface area contributed by atoms with Crippen molar-refractivity contribution in [1.82, 2.24) is 0 Å². The van der Waals surface area contributed by atoms with Gasteiger partial charge < -0.3 is 9.23 Å². The molecule has 0 saturated heterocycles. The van der Waals surface area contributed by atoms with Gasteiger partial charge in [-0.25, -0.2) is 0 Å². The van der Waals surface area contributed by atoms with Crippen LogP contribution in [0.25, 0.3) is 44.2 Å². The number of nitrogens with zero attached hydrogens (tertiary/aromatic N) is 1. The lowest BCUT2D eigenvalue weighted by molar-refractivity contribution is 0.606. The number of rotatable bonds is 1. The van der Waals surface area contributed by atoms with Gasteiger partial charge in [-0.1, -0.05) is 146 Å². The van der Waals surface area contributed by atoms with Crippen LogP contribution in [0.1, 0.15) is 25.0 Å². The Morgan fingerprint density at radius 3 is 1.84 bits per heavy atom. The molecule has 0 spiro atoms. The topological polar surface area (TPSA) is 16.4 Å². The summed E-state index contributed by atoms with van der Waals surface area (Å²) in [6, 6.07) is 52.5. The van der Waals surface area contributed by atoms with E-state index in [1.165, 1.54) is 92.6 Å². The molecule has 4 aliphatic rings. The SMILES string of the molecule is CC1(C)c2ccccc2Sc2cc3oc4ccc(B5c6cccc7c6N6B(c8ccccc8-7)c7ccccc7-c7cccc5c76)cc4c3cc21. The number of hydrogen-bond acceptors (Lipinski definition) is 3. The predicted molar refractivity (Wildman–Crippen MR) is 212 cm³/mol. The first-order valence-electron chi connectivity index (χ1n) is 17.6. The molecule has 0 saturated carbocycles. The summed E-state index contributed by atoms with van der Waals surface area (Å²) >= 11 is 1.86. The molecule has 0 bridgehead atoms. The van der Waals surface area contributed by atoms with Gasteiger partial charge >= 0.3 is 6.85 Å². The molecule has 0 N–H and O–H groups in total. The fraction of sp³-hybridized carbons (Fsp3) is 0.0667. The molecule has 1 aromatic heterocycles. The van der Waals surface area contributed by atoms with Crippen molar-refractivity contribution >= 4 is 85.9 Å². The summed E-state index contributed by atoms with van der Waals surface area (Å²) < 4.78 is 6.62. The first-order valence-corrected chi connectivity index (χ1v) is 18.4. The second kappa shape index (κ2) is 9.44. The van der Waals surface area contributed by atoms with Crippen LogP contribution >= 0.6 is 11.8 Å². The smallest absolute Gasteiger partial charge is 0.329 e. The van der Waals surface area contributed by atoms with Crippen LogP contribution in [0.15, 0.2) is 154 Å². The van der Waals surface area contributed by atoms with E-state index < -0.39 is 0 Å². The van der Waals surface area contributed by atoms with Crippen molar-refractivity contribution in [2.45, 2.75) is 29.1 Å². The van der Waals surface area contributed by atoms with Crippen molar-refractivity contribution in [3.63, 3.8) is 0 Å². The molecule has 4 aliphatic heterocycles. The zero-order chi connectivity index (χ0) is 32.9. The first-order chi connectivity index (χ1) is 24.6. The molecular weight excluding hydrogens is 624 g/mol. The number of benzene rings is 7. The minimum Gasteiger partial charge on any atom is -0.456 e. The summed E-state index contributed by atoms with van der Waals surface area (Å²) in [6.07, 6.45) is 0. The van der Waals surface area contributed by atoms with Crippen LogP contribution in [0.3, 0.4) is 0 Å². The summed E-state index contributed by atoms with van der Waals surface area (Å²) in [7, 11) is 0. The third-order valence-corrected chi connectivity index (χ3v) is 13.1. The maximum atomic E-state index is 6.62. The second-order valence-electron chi connectivity index (χ2n) is 14.8. The fourth-order valence-electron chi connectivity index (χ4n) is 9.77. The van der Waals surface area contributed by atoms with E-state index >= 15 is 0 Å². The van der Waals surface area contributed by atoms with Crippen LogP contribution in [0.4, 0.5) is 11.4 Å². The van der Waals surface area contributed by atoms with E-state index in [2.05, 4.69) is 158 Å². The predicted octanol–water partition coefficient (Wildman–Crippen LogP) is 8.11. The largest absolute Gasteiger partial charge is 0.456 e. The summed E-state index contributed by atoms with van der Waals surface area (Å²) in [6.45, 7) is 4.93. The Kier molecular flexibility index (Phi) is 5.18. The maximum Gasteiger partial charge on any atom is 0.329 e. The van der Waals surface area contributed by atoms with Gasteiger partial charge in [-0.2, -0.15) is 0 Å². The van der Waals surface area contributed by atoms with Gasteiger partial charge in [0.25, 0.3) is 0 Å². The summed E-state index contributed by atoms with van der Waals surface area (Å²) in [5.41, 5.74) is 19.3. The molecule has 12 rings (SSSR count). The van der Waals surface area contributed by atoms with Crippen LogP contribution in [0, 0.1) is 0 Å². The van der Waals surface area contributed by atoms with Gasteiger partial charge in [-0.15, -0.1) is 0 Å². The number of furan rings is 1. The number of hydrogen-bond donors (Lipinski definition) is 0. The quantitative estimate of drug-likeness (QED) is 0.167. The molecule has 232 valence electrons. The first kappa shape index (κ1) is 27.4. The average Bonchev–Trinajstić information content (AvgIpc) is 3.51. The normalized spacial score (nSPS) is 15.4. The van der Waals surface area contributed by atoms with Crippen LogP contribution in [-0.4, -0.2) is 13.6 Å². The molecule has 0 amide bonds. The van der Waals surface area contributed by atoms with Gasteiger partial charge in [0.05, 0.1) is 0 Å². The summed E-state index contributed by atoms with van der Waals surface area (Å²) in [5, 5.41) is 2.38. The van der Waals surface area contributed by atoms with Crippen molar-refractivity contribution in [2.75, 3.05) is 4.81 Å². The number of para-hydroxylation sites is 2. The average molecular weight is 653 g/mol. The Labute approximate surface area is 295 Å². The molecule has 50 heavy (non-hydrogen) atoms. The van der Waals surface area contributed by atoms with Gasteiger partial charge in [0.15, 0.2) is 0 Å². The minimum absolute atomic E-state index is 0.0816. The van der Waals surface area contributed by atoms with E-state index in [0.29, 0.717) is 0 Å². The van der Waals surface area contributed by atoms with E-state index in [1.54, 1.807) is 0 Å². The Bertz CT molecular complexity index is 2720. The molecule has 0 unspecified atom stereocenters. The highest BCUT2D eigenvalue weighted by atomic mass is 32.2. The lowest BCUT2D eigenvalue weighted by Crippen LogP contribution is -2.67. The molecule has 2 nitrogen and oxygen atoms in total. The number of anilines is 2. The van der Waals surface area contributed by atoms with Crippen molar-refractivity contribution in [2.24, 2.45) is 0 Å². The highest BCUT2D eigenvalue weighted by molar-refractivity contribution is 7.99. The van der Waals surface area contributed by atoms with Crippen molar-refractivity contribution in [1.29, 1.82) is 0 Å². The van der Waals surface area contributed by atoms with Crippen molar-refractivity contribution < 1.29 is 4.42 Å². The zero-order valence-corrected chi connectivity index (χ0v) is 28.5. The molecule has 8 aromatic rings. The Morgan fingerprint density at radius 1 is 0.520 bits per heavy atom. The lowest BCUT2D eigenvalue weighted by atomic mass is 9.32. The second-order valence-corrected chi connectivity index (χ2v) is 15.9. The summed E-state index contributed by atoms with van der Waals surface area (Å²) in [5.74, 6) is 0. The van der Waals surface area contributed by atoms with Gasteiger partial charge in [0.2, 0.25) is 6.71 Å². The van der Waals surface area contributed by atoms with Crippen LogP contribution in [0.2, 0.25) is 0 Å². The standard InChI is InChI=1S/C45H29B2NOS/c1-45(2)33-15-5-8-20-41(33)50-42-25-40-32(24-34(42)45)31-23-26(21-22-39(31)49-40)46-37-18-9-13-29-27-11-3-6-16-35(27)47-36-17-7-4-12-28(36)30-14-10-19-38(46)44(30)48(47)43(29)37/h3-25H,1-2H3. The van der Waals surface area contributed by atoms with Gasteiger partial charge in [-0.3, -0.25) is 0 Å². The molecule has 5 heterocycles. The monoisotopic (exact) mass is 653 g/mol. The zero-order valence-electron chi connectivity index (χ0n) is 27.7. The van der Waals surface area contributed by atoms with E-state index in [1.807, 2.05) is 11.8 Å². The van der Waals surface area contributed by atoms with Crippen molar-refractivity contribution in [3.05, 3.63) is 151 Å². The van der Waals surface area contributed by atoms with Crippen molar-refractivity contribution in [3.8, 4) is 22.3 Å². The molecule has 0 atom stereocenters. The molecular formula is C45H29B2NOS. The minimum atomic E-state index is -0.102. The third-order valence-electron chi connectivity index (χ3n) is 12.0. The Hall–Kier alpha value is -5.38. The van der Waals surface area contributed by atoms with E-state index in [-0.39, 0.29) is 19.0 Å². The Balaban J connectivity index is 1.12. The third kappa shape index (κ3) is 3.34.